The Bertz CT molecular complexity index is 1270. The van der Waals surface area contributed by atoms with Crippen molar-refractivity contribution in [2.24, 2.45) is 0 Å². The van der Waals surface area contributed by atoms with Gasteiger partial charge in [-0.05, 0) is 48.4 Å². The number of amides is 3. The van der Waals surface area contributed by atoms with Crippen molar-refractivity contribution >= 4 is 34.4 Å². The molecular formula is C25H27ClN4O3. The number of halogens is 1. The molecule has 1 saturated heterocycles. The van der Waals surface area contributed by atoms with E-state index in [0.29, 0.717) is 24.5 Å². The van der Waals surface area contributed by atoms with Gasteiger partial charge in [0, 0.05) is 47.2 Å². The number of rotatable bonds is 5. The number of benzene rings is 2. The molecule has 3 amide bonds. The zero-order chi connectivity index (χ0) is 23.5. The molecule has 0 bridgehead atoms. The lowest BCUT2D eigenvalue weighted by atomic mass is 9.81. The molecule has 0 unspecified atom stereocenters. The number of nitrogens with one attached hydrogen (secondary N) is 2. The van der Waals surface area contributed by atoms with Crippen molar-refractivity contribution in [2.45, 2.75) is 44.8 Å². The van der Waals surface area contributed by atoms with E-state index in [9.17, 15) is 14.7 Å². The first-order chi connectivity index (χ1) is 15.7. The van der Waals surface area contributed by atoms with Crippen LogP contribution in [0.5, 0.6) is 5.75 Å². The molecule has 5 rings (SSSR count). The molecule has 7 nitrogen and oxygen atoms in total. The zero-order valence-corrected chi connectivity index (χ0v) is 19.6. The Balaban J connectivity index is 1.67. The van der Waals surface area contributed by atoms with Crippen LogP contribution < -0.4 is 5.32 Å². The number of carbonyl (C=O) groups excluding carboxylic acids is 2. The molecule has 0 saturated carbocycles. The van der Waals surface area contributed by atoms with Crippen LogP contribution in [0.3, 0.4) is 0 Å². The molecule has 0 aliphatic carbocycles. The number of H-pyrrole nitrogens is 1. The van der Waals surface area contributed by atoms with Gasteiger partial charge in [-0.1, -0.05) is 37.6 Å². The lowest BCUT2D eigenvalue weighted by molar-refractivity contribution is -0.133. The Morgan fingerprint density at radius 2 is 2.03 bits per heavy atom. The minimum atomic E-state index is -1.05. The average molecular weight is 467 g/mol. The van der Waals surface area contributed by atoms with Crippen LogP contribution in [0, 0.1) is 0 Å². The van der Waals surface area contributed by atoms with Crippen molar-refractivity contribution in [3.05, 3.63) is 64.3 Å². The highest BCUT2D eigenvalue weighted by Crippen LogP contribution is 2.49. The monoisotopic (exact) mass is 466 g/mol. The normalized spacial score (nSPS) is 22.4. The molecule has 8 heteroatoms. The molecule has 33 heavy (non-hydrogen) atoms. The minimum absolute atomic E-state index is 0.108. The van der Waals surface area contributed by atoms with Crippen LogP contribution in [0.2, 0.25) is 5.02 Å². The fourth-order valence-electron chi connectivity index (χ4n) is 5.19. The zero-order valence-electron chi connectivity index (χ0n) is 18.9. The van der Waals surface area contributed by atoms with Gasteiger partial charge in [0.2, 0.25) is 0 Å². The smallest absolute Gasteiger partial charge is 0.328 e. The van der Waals surface area contributed by atoms with E-state index in [1.54, 1.807) is 23.1 Å². The van der Waals surface area contributed by atoms with Crippen LogP contribution in [-0.4, -0.2) is 56.5 Å². The predicted octanol–water partition coefficient (Wildman–Crippen LogP) is 4.19. The number of aromatic amines is 1. The average Bonchev–Trinajstić information content (AvgIpc) is 3.19. The number of fused-ring (bicyclic) bond motifs is 4. The van der Waals surface area contributed by atoms with E-state index in [1.165, 1.54) is 4.90 Å². The number of imide groups is 1. The highest BCUT2D eigenvalue weighted by Gasteiger charge is 2.60. The number of phenolic OH excluding ortho intramolecular Hbond substituents is 1. The summed E-state index contributed by atoms with van der Waals surface area (Å²) in [6, 6.07) is 11.9. The van der Waals surface area contributed by atoms with Gasteiger partial charge in [0.1, 0.15) is 17.3 Å². The van der Waals surface area contributed by atoms with Gasteiger partial charge in [-0.3, -0.25) is 14.6 Å². The van der Waals surface area contributed by atoms with Crippen LogP contribution in [0.15, 0.2) is 42.5 Å². The van der Waals surface area contributed by atoms with Crippen molar-refractivity contribution in [3.63, 3.8) is 0 Å². The molecule has 0 spiro atoms. The second-order valence-electron chi connectivity index (χ2n) is 9.37. The van der Waals surface area contributed by atoms with E-state index in [0.717, 1.165) is 27.7 Å². The van der Waals surface area contributed by atoms with Gasteiger partial charge in [-0.2, -0.15) is 0 Å². The molecule has 1 fully saturated rings. The highest BCUT2D eigenvalue weighted by atomic mass is 35.5. The number of urea groups is 1. The number of hydrogen-bond donors (Lipinski definition) is 3. The van der Waals surface area contributed by atoms with Crippen molar-refractivity contribution in [3.8, 4) is 5.75 Å². The van der Waals surface area contributed by atoms with Crippen LogP contribution in [0.4, 0.5) is 4.79 Å². The Kier molecular flexibility index (Phi) is 5.14. The van der Waals surface area contributed by atoms with Crippen LogP contribution in [0.1, 0.15) is 43.6 Å². The summed E-state index contributed by atoms with van der Waals surface area (Å²) in [5, 5.41) is 15.0. The number of aromatic nitrogens is 1. The maximum absolute atomic E-state index is 13.7. The first-order valence-electron chi connectivity index (χ1n) is 11.2. The van der Waals surface area contributed by atoms with Crippen LogP contribution in [0.25, 0.3) is 10.9 Å². The molecule has 172 valence electrons. The van der Waals surface area contributed by atoms with Gasteiger partial charge in [0.25, 0.3) is 5.91 Å². The molecule has 2 aliphatic heterocycles. The summed E-state index contributed by atoms with van der Waals surface area (Å²) in [5.41, 5.74) is 2.41. The second-order valence-corrected chi connectivity index (χ2v) is 9.81. The lowest BCUT2D eigenvalue weighted by Crippen LogP contribution is -2.53. The number of aromatic hydroxyl groups is 1. The molecule has 2 aromatic carbocycles. The summed E-state index contributed by atoms with van der Waals surface area (Å²) < 4.78 is 0. The summed E-state index contributed by atoms with van der Waals surface area (Å²) in [7, 11) is 0. The van der Waals surface area contributed by atoms with E-state index < -0.39 is 11.6 Å². The Hall–Kier alpha value is -3.03. The largest absolute Gasteiger partial charge is 0.508 e. The highest BCUT2D eigenvalue weighted by molar-refractivity contribution is 6.31. The second kappa shape index (κ2) is 7.78. The van der Waals surface area contributed by atoms with Crippen molar-refractivity contribution in [2.75, 3.05) is 13.1 Å². The van der Waals surface area contributed by atoms with E-state index in [2.05, 4.69) is 10.3 Å². The summed E-state index contributed by atoms with van der Waals surface area (Å²) in [4.78, 5) is 33.9. The van der Waals surface area contributed by atoms with Crippen LogP contribution in [-0.2, 0) is 11.2 Å². The van der Waals surface area contributed by atoms with Crippen molar-refractivity contribution < 1.29 is 14.7 Å². The number of carbonyl (C=O) groups is 2. The molecule has 3 aromatic rings. The molecule has 0 radical (unpaired) electrons. The quantitative estimate of drug-likeness (QED) is 0.492. The standard InChI is InChI=1S/C25H27ClN4O3/c1-14(2)27-9-10-29-23(32)25(3)13-19-18-12-16(26)7-8-20(18)28-21(19)22(30(25)24(29)33)15-5-4-6-17(31)11-15/h4-8,11-12,14,22,27-28,31H,9-10,13H2,1-3H3/t22-,25+/m1/s1. The number of nitrogens with zero attached hydrogens (tertiary/aromatic N) is 2. The third-order valence-electron chi connectivity index (χ3n) is 6.70. The van der Waals surface area contributed by atoms with Gasteiger partial charge in [0.05, 0.1) is 0 Å². The molecule has 2 atom stereocenters. The summed E-state index contributed by atoms with van der Waals surface area (Å²) in [5.74, 6) is -0.0957. The van der Waals surface area contributed by atoms with Gasteiger partial charge < -0.3 is 15.4 Å². The molecule has 3 N–H and O–H groups in total. The third kappa shape index (κ3) is 3.38. The molecule has 3 heterocycles. The molecule has 2 aliphatic rings. The number of hydrogen-bond acceptors (Lipinski definition) is 4. The summed E-state index contributed by atoms with van der Waals surface area (Å²) in [6.45, 7) is 6.72. The Morgan fingerprint density at radius 3 is 2.76 bits per heavy atom. The lowest BCUT2D eigenvalue weighted by Gasteiger charge is -2.42. The maximum atomic E-state index is 13.7. The van der Waals surface area contributed by atoms with Gasteiger partial charge in [0.15, 0.2) is 0 Å². The molecular weight excluding hydrogens is 440 g/mol. The summed E-state index contributed by atoms with van der Waals surface area (Å²) >= 11 is 6.30. The fourth-order valence-corrected chi connectivity index (χ4v) is 5.36. The van der Waals surface area contributed by atoms with E-state index in [1.807, 2.05) is 45.0 Å². The van der Waals surface area contributed by atoms with Gasteiger partial charge in [-0.15, -0.1) is 0 Å². The topological polar surface area (TPSA) is 88.7 Å². The fraction of sp³-hybridized carbons (Fsp3) is 0.360. The summed E-state index contributed by atoms with van der Waals surface area (Å²) in [6.07, 6.45) is 0.386. The van der Waals surface area contributed by atoms with Gasteiger partial charge in [-0.25, -0.2) is 4.79 Å². The first kappa shape index (κ1) is 21.8. The maximum Gasteiger partial charge on any atom is 0.328 e. The Labute approximate surface area is 197 Å². The third-order valence-corrected chi connectivity index (χ3v) is 6.94. The van der Waals surface area contributed by atoms with E-state index in [-0.39, 0.29) is 23.7 Å². The van der Waals surface area contributed by atoms with E-state index >= 15 is 0 Å². The Morgan fingerprint density at radius 1 is 1.24 bits per heavy atom. The first-order valence-corrected chi connectivity index (χ1v) is 11.6. The SMILES string of the molecule is CC(C)NCCN1C(=O)N2[C@H](c3cccc(O)c3)c3[nH]c4ccc(Cl)cc4c3C[C@@]2(C)C1=O. The predicted molar refractivity (Wildman–Crippen MR) is 127 cm³/mol. The van der Waals surface area contributed by atoms with Crippen molar-refractivity contribution in [1.29, 1.82) is 0 Å². The number of phenols is 1. The minimum Gasteiger partial charge on any atom is -0.508 e. The van der Waals surface area contributed by atoms with E-state index in [4.69, 9.17) is 11.6 Å². The van der Waals surface area contributed by atoms with Gasteiger partial charge >= 0.3 is 6.03 Å². The van der Waals surface area contributed by atoms with Crippen molar-refractivity contribution in [1.82, 2.24) is 20.1 Å². The molecule has 1 aromatic heterocycles. The van der Waals surface area contributed by atoms with Crippen LogP contribution >= 0.6 is 11.6 Å².